The van der Waals surface area contributed by atoms with E-state index >= 15 is 0 Å². The van der Waals surface area contributed by atoms with Crippen molar-refractivity contribution in [2.75, 3.05) is 44.0 Å². The van der Waals surface area contributed by atoms with Crippen LogP contribution in [0, 0.1) is 10.7 Å². The number of carbonyl (C=O) groups is 3. The number of nitrogens with one attached hydrogen (secondary N) is 2. The Morgan fingerprint density at radius 3 is 1.82 bits per heavy atom. The molecule has 1 aromatic carbocycles. The largest absolute Gasteiger partial charge is 0.476 e. The molecule has 3 aromatic heterocycles. The highest BCUT2D eigenvalue weighted by atomic mass is 32.2. The fourth-order valence-electron chi connectivity index (χ4n) is 4.02. The summed E-state index contributed by atoms with van der Waals surface area (Å²) >= 11 is 0.859. The van der Waals surface area contributed by atoms with Gasteiger partial charge in [-0.15, -0.1) is 0 Å². The average Bonchev–Trinajstić information content (AvgIpc) is 3.12. The van der Waals surface area contributed by atoms with Gasteiger partial charge in [0.2, 0.25) is 17.6 Å². The normalized spacial score (nSPS) is 10.4. The molecule has 4 rings (SSSR count). The summed E-state index contributed by atoms with van der Waals surface area (Å²) in [4.78, 5) is 52.0. The van der Waals surface area contributed by atoms with Crippen molar-refractivity contribution in [2.24, 2.45) is 11.5 Å². The second-order valence-corrected chi connectivity index (χ2v) is 10.8. The fraction of sp³-hybridized carbons (Fsp3) is 0.242. The van der Waals surface area contributed by atoms with E-state index in [2.05, 4.69) is 25.6 Å². The number of hydrogen-bond acceptors (Lipinski definition) is 14. The lowest BCUT2D eigenvalue weighted by atomic mass is 10.2. The third-order valence-corrected chi connectivity index (χ3v) is 7.07. The predicted octanol–water partition coefficient (Wildman–Crippen LogP) is 3.77. The number of nitriles is 1. The number of anilines is 2. The summed E-state index contributed by atoms with van der Waals surface area (Å²) in [5, 5.41) is 16.6. The van der Waals surface area contributed by atoms with Crippen LogP contribution in [0.1, 0.15) is 49.9 Å². The second kappa shape index (κ2) is 18.5. The van der Waals surface area contributed by atoms with E-state index in [-0.39, 0.29) is 65.9 Å². The molecule has 0 atom stereocenters. The molecule has 0 aliphatic heterocycles. The van der Waals surface area contributed by atoms with Gasteiger partial charge in [-0.25, -0.2) is 19.7 Å². The number of esters is 1. The Kier molecular flexibility index (Phi) is 13.7. The molecule has 16 heteroatoms. The van der Waals surface area contributed by atoms with Crippen molar-refractivity contribution >= 4 is 40.9 Å². The maximum atomic E-state index is 13.3. The second-order valence-electron chi connectivity index (χ2n) is 9.95. The van der Waals surface area contributed by atoms with Crippen molar-refractivity contribution in [2.45, 2.75) is 24.3 Å². The molecule has 0 saturated carbocycles. The van der Waals surface area contributed by atoms with Crippen LogP contribution in [0.4, 0.5) is 11.4 Å². The molecule has 2 amide bonds. The van der Waals surface area contributed by atoms with Gasteiger partial charge in [0.15, 0.2) is 5.69 Å². The number of ether oxygens (including phenoxy) is 4. The Morgan fingerprint density at radius 2 is 1.27 bits per heavy atom. The Bertz CT molecular complexity index is 1800. The first-order chi connectivity index (χ1) is 23.9. The van der Waals surface area contributed by atoms with Gasteiger partial charge in [0.25, 0.3) is 11.8 Å². The lowest BCUT2D eigenvalue weighted by molar-refractivity contribution is 0.0592. The Morgan fingerprint density at radius 1 is 0.735 bits per heavy atom. The summed E-state index contributed by atoms with van der Waals surface area (Å²) in [5.74, 6) is -1.87. The van der Waals surface area contributed by atoms with E-state index in [1.807, 2.05) is 35.7 Å². The number of nitrogens with zero attached hydrogens (tertiary/aromatic N) is 4. The third-order valence-electron chi connectivity index (χ3n) is 6.45. The molecular weight excluding hydrogens is 652 g/mol. The van der Waals surface area contributed by atoms with Crippen molar-refractivity contribution in [1.82, 2.24) is 15.0 Å². The SMILES string of the molecule is COC(=O)c1ccc(NC(=O)c2ccc(NC(=O)c3ccc(SC#N)c(OCc4ccccc4)n3)c(OCCCN)n2)c(OCCCN)n1. The Hall–Kier alpha value is -5.76. The van der Waals surface area contributed by atoms with Gasteiger partial charge in [0, 0.05) is 0 Å². The van der Waals surface area contributed by atoms with Crippen LogP contribution in [0.3, 0.4) is 0 Å². The van der Waals surface area contributed by atoms with E-state index in [0.717, 1.165) is 17.3 Å². The van der Waals surface area contributed by atoms with Crippen molar-refractivity contribution in [3.8, 4) is 23.0 Å². The summed E-state index contributed by atoms with van der Waals surface area (Å²) < 4.78 is 22.0. The van der Waals surface area contributed by atoms with Crippen molar-refractivity contribution < 1.29 is 33.3 Å². The Balaban J connectivity index is 1.56. The number of rotatable bonds is 17. The molecule has 0 unspecified atom stereocenters. The van der Waals surface area contributed by atoms with E-state index in [4.69, 9.17) is 30.4 Å². The van der Waals surface area contributed by atoms with Gasteiger partial charge in [-0.3, -0.25) is 9.59 Å². The van der Waals surface area contributed by atoms with Crippen molar-refractivity contribution in [1.29, 1.82) is 5.26 Å². The monoisotopic (exact) mass is 686 g/mol. The maximum Gasteiger partial charge on any atom is 0.356 e. The first-order valence-corrected chi connectivity index (χ1v) is 15.8. The molecular formula is C33H34N8O7S. The van der Waals surface area contributed by atoms with Crippen LogP contribution in [-0.2, 0) is 11.3 Å². The van der Waals surface area contributed by atoms with Gasteiger partial charge >= 0.3 is 5.97 Å². The maximum absolute atomic E-state index is 13.3. The molecule has 6 N–H and O–H groups in total. The molecule has 0 aliphatic carbocycles. The Labute approximate surface area is 286 Å². The quantitative estimate of drug-likeness (QED) is 0.0537. The summed E-state index contributed by atoms with van der Waals surface area (Å²) in [6.07, 6.45) is 0.991. The van der Waals surface area contributed by atoms with Crippen LogP contribution in [-0.4, -0.2) is 66.1 Å². The highest BCUT2D eigenvalue weighted by Crippen LogP contribution is 2.29. The van der Waals surface area contributed by atoms with Gasteiger partial charge < -0.3 is 41.0 Å². The zero-order valence-electron chi connectivity index (χ0n) is 26.5. The molecule has 3 heterocycles. The highest BCUT2D eigenvalue weighted by molar-refractivity contribution is 8.03. The van der Waals surface area contributed by atoms with E-state index in [1.165, 1.54) is 37.4 Å². The van der Waals surface area contributed by atoms with Gasteiger partial charge in [-0.2, -0.15) is 5.26 Å². The number of aromatic nitrogens is 3. The van der Waals surface area contributed by atoms with E-state index in [1.54, 1.807) is 6.07 Å². The predicted molar refractivity (Wildman–Crippen MR) is 181 cm³/mol. The zero-order chi connectivity index (χ0) is 35.0. The molecule has 15 nitrogen and oxygen atoms in total. The number of thiocyanates is 1. The van der Waals surface area contributed by atoms with Crippen LogP contribution in [0.15, 0.2) is 71.6 Å². The molecule has 49 heavy (non-hydrogen) atoms. The number of thioether (sulfide) groups is 1. The average molecular weight is 687 g/mol. The highest BCUT2D eigenvalue weighted by Gasteiger charge is 2.20. The van der Waals surface area contributed by atoms with Crippen LogP contribution < -0.4 is 36.3 Å². The number of hydrogen-bond donors (Lipinski definition) is 4. The van der Waals surface area contributed by atoms with Crippen LogP contribution in [0.5, 0.6) is 17.6 Å². The van der Waals surface area contributed by atoms with Crippen LogP contribution >= 0.6 is 11.8 Å². The first-order valence-electron chi connectivity index (χ1n) is 15.0. The molecule has 0 aliphatic rings. The lowest BCUT2D eigenvalue weighted by Gasteiger charge is -2.15. The fourth-order valence-corrected chi connectivity index (χ4v) is 4.45. The van der Waals surface area contributed by atoms with Gasteiger partial charge in [-0.05, 0) is 79.7 Å². The van der Waals surface area contributed by atoms with E-state index in [0.29, 0.717) is 30.8 Å². The molecule has 4 aromatic rings. The van der Waals surface area contributed by atoms with Gasteiger partial charge in [0.05, 0.1) is 25.2 Å². The smallest absolute Gasteiger partial charge is 0.356 e. The minimum absolute atomic E-state index is 0.00476. The minimum Gasteiger partial charge on any atom is -0.476 e. The molecule has 0 fully saturated rings. The molecule has 0 radical (unpaired) electrons. The first kappa shape index (κ1) is 36.1. The third kappa shape index (κ3) is 10.4. The summed E-state index contributed by atoms with van der Waals surface area (Å²) in [7, 11) is 1.22. The molecule has 0 spiro atoms. The van der Waals surface area contributed by atoms with E-state index in [9.17, 15) is 19.6 Å². The number of methoxy groups -OCH3 is 1. The number of amides is 2. The van der Waals surface area contributed by atoms with Crippen LogP contribution in [0.25, 0.3) is 0 Å². The number of nitrogens with two attached hydrogens (primary N) is 2. The summed E-state index contributed by atoms with van der Waals surface area (Å²) in [6.45, 7) is 1.23. The summed E-state index contributed by atoms with van der Waals surface area (Å²) in [5.41, 5.74) is 12.3. The number of pyridine rings is 3. The summed E-state index contributed by atoms with van der Waals surface area (Å²) in [6, 6.07) is 18.1. The van der Waals surface area contributed by atoms with E-state index < -0.39 is 17.8 Å². The zero-order valence-corrected chi connectivity index (χ0v) is 27.3. The molecule has 0 bridgehead atoms. The van der Waals surface area contributed by atoms with Crippen LogP contribution in [0.2, 0.25) is 0 Å². The minimum atomic E-state index is -0.678. The van der Waals surface area contributed by atoms with Gasteiger partial charge in [0.1, 0.15) is 34.8 Å². The topological polar surface area (TPSA) is 227 Å². The number of benzene rings is 1. The lowest BCUT2D eigenvalue weighted by Crippen LogP contribution is -2.19. The van der Waals surface area contributed by atoms with Gasteiger partial charge in [-0.1, -0.05) is 30.3 Å². The van der Waals surface area contributed by atoms with Crippen molar-refractivity contribution in [3.05, 3.63) is 89.4 Å². The standard InChI is InChI=1S/C33H34N8O7S/c1-45-33(44)26-12-11-25(31(41-26)47-18-6-16-35)38-28(42)22-9-10-24(30(39-22)46-17-5-15-34)37-29(43)23-13-14-27(49-20-36)32(40-23)48-19-21-7-3-2-4-8-21/h2-4,7-14H,5-6,15-19,34-35H2,1H3,(H,37,43)(H,38,42). The molecule has 254 valence electrons. The van der Waals surface area contributed by atoms with Crippen molar-refractivity contribution in [3.63, 3.8) is 0 Å². The number of carbonyl (C=O) groups excluding carboxylic acids is 3. The molecule has 0 saturated heterocycles.